The SMILES string of the molecule is NC/C(=C\NC1CCNC1)C1=Nc2c(Br)cccc2NC1. The number of hydrogen-bond acceptors (Lipinski definition) is 5. The van der Waals surface area contributed by atoms with Crippen molar-refractivity contribution in [2.75, 3.05) is 31.5 Å². The van der Waals surface area contributed by atoms with E-state index in [-0.39, 0.29) is 0 Å². The van der Waals surface area contributed by atoms with Crippen LogP contribution in [0.15, 0.2) is 39.4 Å². The molecule has 0 spiro atoms. The van der Waals surface area contributed by atoms with Crippen molar-refractivity contribution in [1.82, 2.24) is 10.6 Å². The van der Waals surface area contributed by atoms with Crippen LogP contribution in [-0.2, 0) is 0 Å². The van der Waals surface area contributed by atoms with Crippen LogP contribution >= 0.6 is 15.9 Å². The lowest BCUT2D eigenvalue weighted by atomic mass is 10.1. The number of aliphatic imine (C=N–C) groups is 1. The van der Waals surface area contributed by atoms with Crippen LogP contribution in [0.4, 0.5) is 11.4 Å². The van der Waals surface area contributed by atoms with Gasteiger partial charge >= 0.3 is 0 Å². The third kappa shape index (κ3) is 3.28. The van der Waals surface area contributed by atoms with E-state index in [4.69, 9.17) is 10.7 Å². The number of para-hydroxylation sites is 1. The smallest absolute Gasteiger partial charge is 0.101 e. The van der Waals surface area contributed by atoms with Crippen LogP contribution in [0.3, 0.4) is 0 Å². The molecule has 0 bridgehead atoms. The largest absolute Gasteiger partial charge is 0.387 e. The van der Waals surface area contributed by atoms with Gasteiger partial charge in [-0.15, -0.1) is 0 Å². The average molecular weight is 350 g/mol. The number of benzene rings is 1. The predicted molar refractivity (Wildman–Crippen MR) is 91.3 cm³/mol. The summed E-state index contributed by atoms with van der Waals surface area (Å²) >= 11 is 3.55. The van der Waals surface area contributed by atoms with E-state index in [1.54, 1.807) is 0 Å². The van der Waals surface area contributed by atoms with Crippen molar-refractivity contribution in [2.45, 2.75) is 12.5 Å². The molecule has 1 fully saturated rings. The lowest BCUT2D eigenvalue weighted by Crippen LogP contribution is -2.30. The molecule has 0 aromatic heterocycles. The summed E-state index contributed by atoms with van der Waals surface area (Å²) in [6, 6.07) is 6.53. The lowest BCUT2D eigenvalue weighted by molar-refractivity contribution is 0.636. The second-order valence-electron chi connectivity index (χ2n) is 5.28. The molecule has 1 saturated heterocycles. The molecular weight excluding hydrogens is 330 g/mol. The van der Waals surface area contributed by atoms with E-state index in [1.807, 2.05) is 24.4 Å². The van der Waals surface area contributed by atoms with Gasteiger partial charge in [0.2, 0.25) is 0 Å². The van der Waals surface area contributed by atoms with E-state index in [2.05, 4.69) is 31.9 Å². The first-order valence-electron chi connectivity index (χ1n) is 7.24. The molecule has 1 atom stereocenters. The van der Waals surface area contributed by atoms with Crippen molar-refractivity contribution >= 4 is 33.0 Å². The summed E-state index contributed by atoms with van der Waals surface area (Å²) in [5, 5.41) is 10.2. The maximum absolute atomic E-state index is 5.90. The molecule has 0 saturated carbocycles. The molecule has 1 aromatic carbocycles. The van der Waals surface area contributed by atoms with Gasteiger partial charge in [-0.05, 0) is 41.0 Å². The van der Waals surface area contributed by atoms with Gasteiger partial charge in [-0.2, -0.15) is 0 Å². The molecule has 0 aliphatic carbocycles. The molecule has 2 aliphatic rings. The summed E-state index contributed by atoms with van der Waals surface area (Å²) in [7, 11) is 0. The van der Waals surface area contributed by atoms with Crippen LogP contribution < -0.4 is 21.7 Å². The highest BCUT2D eigenvalue weighted by Gasteiger charge is 2.17. The molecular formula is C15H20BrN5. The van der Waals surface area contributed by atoms with Gasteiger partial charge in [0.25, 0.3) is 0 Å². The Bertz CT molecular complexity index is 575. The Balaban J connectivity index is 1.81. The first-order valence-corrected chi connectivity index (χ1v) is 8.03. The van der Waals surface area contributed by atoms with Crippen LogP contribution in [0.1, 0.15) is 6.42 Å². The van der Waals surface area contributed by atoms with Gasteiger partial charge in [0, 0.05) is 35.4 Å². The highest BCUT2D eigenvalue weighted by Crippen LogP contribution is 2.35. The Labute approximate surface area is 133 Å². The zero-order chi connectivity index (χ0) is 14.7. The minimum absolute atomic E-state index is 0.480. The topological polar surface area (TPSA) is 74.5 Å². The fraction of sp³-hybridized carbons (Fsp3) is 0.400. The number of rotatable bonds is 4. The first-order chi connectivity index (χ1) is 10.3. The molecule has 5 N–H and O–H groups in total. The Morgan fingerprint density at radius 1 is 1.52 bits per heavy atom. The molecule has 5 nitrogen and oxygen atoms in total. The summed E-state index contributed by atoms with van der Waals surface area (Å²) in [6.07, 6.45) is 3.17. The van der Waals surface area contributed by atoms with Gasteiger partial charge in [-0.25, -0.2) is 4.99 Å². The Hall–Kier alpha value is -1.37. The number of nitrogens with zero attached hydrogens (tertiary/aromatic N) is 1. The van der Waals surface area contributed by atoms with Crippen LogP contribution in [0.2, 0.25) is 0 Å². The van der Waals surface area contributed by atoms with Gasteiger partial charge in [0.1, 0.15) is 5.69 Å². The third-order valence-corrected chi connectivity index (χ3v) is 4.46. The molecule has 0 radical (unpaired) electrons. The second kappa shape index (κ2) is 6.60. The van der Waals surface area contributed by atoms with E-state index < -0.39 is 0 Å². The third-order valence-electron chi connectivity index (χ3n) is 3.82. The van der Waals surface area contributed by atoms with Crippen molar-refractivity contribution in [2.24, 2.45) is 10.7 Å². The molecule has 2 heterocycles. The predicted octanol–water partition coefficient (Wildman–Crippen LogP) is 1.74. The quantitative estimate of drug-likeness (QED) is 0.667. The van der Waals surface area contributed by atoms with E-state index in [1.165, 1.54) is 0 Å². The van der Waals surface area contributed by atoms with Gasteiger partial charge in [0.05, 0.1) is 17.9 Å². The normalized spacial score (nSPS) is 21.5. The van der Waals surface area contributed by atoms with Gasteiger partial charge in [-0.1, -0.05) is 6.07 Å². The maximum Gasteiger partial charge on any atom is 0.101 e. The standard InChI is InChI=1S/C15H20BrN5/c16-12-2-1-3-13-15(12)21-14(9-20-13)10(6-17)7-19-11-4-5-18-8-11/h1-3,7,11,18-20H,4-6,8-9,17H2/b10-7+. The fourth-order valence-electron chi connectivity index (χ4n) is 2.59. The highest BCUT2D eigenvalue weighted by molar-refractivity contribution is 9.10. The summed E-state index contributed by atoms with van der Waals surface area (Å²) in [5.41, 5.74) is 9.95. The second-order valence-corrected chi connectivity index (χ2v) is 6.13. The van der Waals surface area contributed by atoms with Crippen molar-refractivity contribution in [3.05, 3.63) is 34.4 Å². The number of hydrogen-bond donors (Lipinski definition) is 4. The molecule has 21 heavy (non-hydrogen) atoms. The van der Waals surface area contributed by atoms with Crippen LogP contribution in [0.25, 0.3) is 0 Å². The Morgan fingerprint density at radius 2 is 2.43 bits per heavy atom. The number of halogens is 1. The summed E-state index contributed by atoms with van der Waals surface area (Å²) in [6.45, 7) is 3.27. The molecule has 112 valence electrons. The van der Waals surface area contributed by atoms with E-state index in [0.29, 0.717) is 19.1 Å². The van der Waals surface area contributed by atoms with E-state index in [0.717, 1.165) is 46.6 Å². The zero-order valence-corrected chi connectivity index (χ0v) is 13.4. The summed E-state index contributed by atoms with van der Waals surface area (Å²) < 4.78 is 0.994. The minimum atomic E-state index is 0.480. The van der Waals surface area contributed by atoms with Crippen LogP contribution in [0, 0.1) is 0 Å². The van der Waals surface area contributed by atoms with Crippen molar-refractivity contribution in [1.29, 1.82) is 0 Å². The zero-order valence-electron chi connectivity index (χ0n) is 11.8. The summed E-state index contributed by atoms with van der Waals surface area (Å²) in [5.74, 6) is 0. The Morgan fingerprint density at radius 3 is 3.19 bits per heavy atom. The molecule has 6 heteroatoms. The van der Waals surface area contributed by atoms with E-state index in [9.17, 15) is 0 Å². The maximum atomic E-state index is 5.90. The first kappa shape index (κ1) is 14.6. The van der Waals surface area contributed by atoms with Gasteiger partial charge in [-0.3, -0.25) is 0 Å². The summed E-state index contributed by atoms with van der Waals surface area (Å²) in [4.78, 5) is 4.76. The lowest BCUT2D eigenvalue weighted by Gasteiger charge is -2.20. The fourth-order valence-corrected chi connectivity index (χ4v) is 3.04. The van der Waals surface area contributed by atoms with E-state index >= 15 is 0 Å². The van der Waals surface area contributed by atoms with Gasteiger partial charge in [0.15, 0.2) is 0 Å². The van der Waals surface area contributed by atoms with Crippen LogP contribution in [0.5, 0.6) is 0 Å². The minimum Gasteiger partial charge on any atom is -0.387 e. The number of nitrogens with one attached hydrogen (secondary N) is 3. The number of anilines is 1. The molecule has 3 rings (SSSR count). The van der Waals surface area contributed by atoms with Crippen molar-refractivity contribution in [3.8, 4) is 0 Å². The molecule has 1 aromatic rings. The number of nitrogens with two attached hydrogens (primary N) is 1. The Kier molecular flexibility index (Phi) is 4.57. The molecule has 2 aliphatic heterocycles. The number of fused-ring (bicyclic) bond motifs is 1. The van der Waals surface area contributed by atoms with Crippen molar-refractivity contribution in [3.63, 3.8) is 0 Å². The van der Waals surface area contributed by atoms with Gasteiger partial charge < -0.3 is 21.7 Å². The molecule has 0 amide bonds. The highest BCUT2D eigenvalue weighted by atomic mass is 79.9. The monoisotopic (exact) mass is 349 g/mol. The average Bonchev–Trinajstić information content (AvgIpc) is 3.02. The van der Waals surface area contributed by atoms with Crippen LogP contribution in [-0.4, -0.2) is 37.9 Å². The molecule has 1 unspecified atom stereocenters. The van der Waals surface area contributed by atoms with Crippen molar-refractivity contribution < 1.29 is 0 Å².